The molecule has 12 heteroatoms. The van der Waals surface area contributed by atoms with Gasteiger partial charge in [-0.05, 0) is 95.9 Å². The van der Waals surface area contributed by atoms with Crippen LogP contribution in [0.25, 0.3) is 0 Å². The lowest BCUT2D eigenvalue weighted by atomic mass is 9.51. The summed E-state index contributed by atoms with van der Waals surface area (Å²) in [6.45, 7) is 4.10. The summed E-state index contributed by atoms with van der Waals surface area (Å²) in [5.74, 6) is -5.24. The van der Waals surface area contributed by atoms with Crippen LogP contribution in [0.15, 0.2) is 76.8 Å². The molecule has 0 unspecified atom stereocenters. The van der Waals surface area contributed by atoms with Crippen molar-refractivity contribution in [2.24, 2.45) is 29.1 Å². The fourth-order valence-electron chi connectivity index (χ4n) is 9.74. The van der Waals surface area contributed by atoms with Gasteiger partial charge in [0.1, 0.15) is 5.82 Å². The van der Waals surface area contributed by atoms with Crippen LogP contribution in [0.2, 0.25) is 5.02 Å². The van der Waals surface area contributed by atoms with Gasteiger partial charge >= 0.3 is 0 Å². The molecule has 0 aromatic heterocycles. The third-order valence-corrected chi connectivity index (χ3v) is 13.1. The number of ether oxygens (including phenoxy) is 1. The molecule has 6 atom stereocenters. The van der Waals surface area contributed by atoms with E-state index in [-0.39, 0.29) is 46.5 Å². The summed E-state index contributed by atoms with van der Waals surface area (Å²) < 4.78 is 20.1. The third kappa shape index (κ3) is 5.33. The number of allylic oxidation sites excluding steroid dienone is 2. The van der Waals surface area contributed by atoms with Gasteiger partial charge in [0.2, 0.25) is 23.6 Å². The zero-order valence-corrected chi connectivity index (χ0v) is 31.1. The van der Waals surface area contributed by atoms with Crippen LogP contribution >= 0.6 is 27.5 Å². The maximum atomic E-state index is 14.7. The number of hydrogen-bond acceptors (Lipinski definition) is 7. The number of phenols is 1. The second kappa shape index (κ2) is 13.1. The van der Waals surface area contributed by atoms with E-state index in [0.29, 0.717) is 29.3 Å². The largest absolute Gasteiger partial charge is 0.503 e. The minimum Gasteiger partial charge on any atom is -0.503 e. The molecule has 3 aromatic rings. The number of phenolic OH excluding ortho intramolecular Hbond substituents is 1. The first-order chi connectivity index (χ1) is 24.9. The molecule has 3 heterocycles. The van der Waals surface area contributed by atoms with Crippen molar-refractivity contribution in [2.45, 2.75) is 51.1 Å². The molecule has 0 spiro atoms. The predicted molar refractivity (Wildman–Crippen MR) is 195 cm³/mol. The van der Waals surface area contributed by atoms with Crippen LogP contribution in [0.1, 0.15) is 49.7 Å². The number of aromatic hydroxyl groups is 1. The SMILES string of the molecule is COc1cc([C@H]2C3=CC[C@@H]4C(=O)N(C5CCN(Cc6ccccc6)CC5)C(=O)[C@@H]4[C@@H]3C[C@H]3C(=O)N(c4ccc(F)c(Cl)c4)C(=O)[C@@]23C)cc(Br)c1O. The Hall–Kier alpha value is -4.06. The van der Waals surface area contributed by atoms with Gasteiger partial charge < -0.3 is 9.84 Å². The Morgan fingerprint density at radius 3 is 2.40 bits per heavy atom. The van der Waals surface area contributed by atoms with Crippen molar-refractivity contribution < 1.29 is 33.4 Å². The zero-order valence-electron chi connectivity index (χ0n) is 28.7. The van der Waals surface area contributed by atoms with Crippen molar-refractivity contribution in [3.63, 3.8) is 0 Å². The second-order valence-corrected chi connectivity index (χ2v) is 16.1. The summed E-state index contributed by atoms with van der Waals surface area (Å²) in [4.78, 5) is 62.9. The highest BCUT2D eigenvalue weighted by molar-refractivity contribution is 9.10. The zero-order chi connectivity index (χ0) is 36.6. The number of carbonyl (C=O) groups is 4. The minimum atomic E-state index is -1.33. The Morgan fingerprint density at radius 1 is 0.981 bits per heavy atom. The van der Waals surface area contributed by atoms with Gasteiger partial charge in [0, 0.05) is 31.6 Å². The molecule has 9 nitrogen and oxygen atoms in total. The molecule has 4 amide bonds. The Bertz CT molecular complexity index is 2040. The molecule has 0 bridgehead atoms. The predicted octanol–water partition coefficient (Wildman–Crippen LogP) is 6.85. The number of amides is 4. The average molecular weight is 791 g/mol. The summed E-state index contributed by atoms with van der Waals surface area (Å²) in [7, 11) is 1.43. The highest BCUT2D eigenvalue weighted by Crippen LogP contribution is 2.64. The van der Waals surface area contributed by atoms with Gasteiger partial charge in [-0.2, -0.15) is 0 Å². The standard InChI is InChI=1S/C40H38BrClFN3O6/c1-40-28(37(49)46(39(40)51)24-8-11-31(43)30(42)18-24)19-27-25(34(40)22-16-29(41)35(47)32(17-22)52-2)9-10-26-33(27)38(50)45(36(26)48)23-12-14-44(15-13-23)20-21-6-4-3-5-7-21/h3-9,11,16-18,23,26-28,33-34,47H,10,12-15,19-20H2,1-2H3/t26-,27+,28-,33-,34-,40+/m0/s1. The number of fused-ring (bicyclic) bond motifs is 4. The molecule has 1 N–H and O–H groups in total. The number of halogens is 3. The lowest BCUT2D eigenvalue weighted by Crippen LogP contribution is -2.49. The van der Waals surface area contributed by atoms with Crippen molar-refractivity contribution in [3.8, 4) is 11.5 Å². The maximum absolute atomic E-state index is 14.7. The highest BCUT2D eigenvalue weighted by Gasteiger charge is 2.68. The number of methoxy groups -OCH3 is 1. The molecule has 8 rings (SSSR count). The van der Waals surface area contributed by atoms with E-state index in [1.807, 2.05) is 24.3 Å². The third-order valence-electron chi connectivity index (χ3n) is 12.2. The lowest BCUT2D eigenvalue weighted by Gasteiger charge is -2.49. The number of anilines is 1. The van der Waals surface area contributed by atoms with E-state index in [1.165, 1.54) is 29.7 Å². The minimum absolute atomic E-state index is 0.114. The second-order valence-electron chi connectivity index (χ2n) is 14.9. The summed E-state index contributed by atoms with van der Waals surface area (Å²) in [6.07, 6.45) is 3.88. The molecule has 270 valence electrons. The van der Waals surface area contributed by atoms with Crippen molar-refractivity contribution in [1.29, 1.82) is 0 Å². The van der Waals surface area contributed by atoms with Crippen LogP contribution in [0.4, 0.5) is 10.1 Å². The van der Waals surface area contributed by atoms with Gasteiger partial charge in [-0.25, -0.2) is 9.29 Å². The number of rotatable bonds is 6. The number of piperidine rings is 1. The van der Waals surface area contributed by atoms with Crippen LogP contribution in [0, 0.1) is 34.9 Å². The van der Waals surface area contributed by atoms with Crippen molar-refractivity contribution >= 4 is 56.8 Å². The fourth-order valence-corrected chi connectivity index (χ4v) is 10.4. The molecular weight excluding hydrogens is 753 g/mol. The Labute approximate surface area is 314 Å². The van der Waals surface area contributed by atoms with E-state index >= 15 is 0 Å². The summed E-state index contributed by atoms with van der Waals surface area (Å²) in [5, 5.41) is 10.5. The van der Waals surface area contributed by atoms with Crippen molar-refractivity contribution in [3.05, 3.63) is 98.8 Å². The average Bonchev–Trinajstić information content (AvgIpc) is 3.50. The maximum Gasteiger partial charge on any atom is 0.241 e. The Kier molecular flexibility index (Phi) is 8.82. The van der Waals surface area contributed by atoms with Crippen LogP contribution in [-0.4, -0.2) is 64.8 Å². The van der Waals surface area contributed by atoms with E-state index in [9.17, 15) is 28.7 Å². The molecule has 3 aromatic carbocycles. The van der Waals surface area contributed by atoms with E-state index in [0.717, 1.165) is 36.2 Å². The Morgan fingerprint density at radius 2 is 1.71 bits per heavy atom. The van der Waals surface area contributed by atoms with Gasteiger partial charge in [-0.3, -0.25) is 29.0 Å². The lowest BCUT2D eigenvalue weighted by molar-refractivity contribution is -0.144. The van der Waals surface area contributed by atoms with Gasteiger partial charge in [0.05, 0.1) is 45.5 Å². The van der Waals surface area contributed by atoms with Crippen molar-refractivity contribution in [1.82, 2.24) is 9.80 Å². The first kappa shape index (κ1) is 35.0. The molecule has 52 heavy (non-hydrogen) atoms. The summed E-state index contributed by atoms with van der Waals surface area (Å²) in [6, 6.07) is 17.2. The number of carbonyl (C=O) groups excluding carboxylic acids is 4. The normalized spacial score (nSPS) is 29.2. The van der Waals surface area contributed by atoms with Crippen molar-refractivity contribution in [2.75, 3.05) is 25.1 Å². The smallest absolute Gasteiger partial charge is 0.241 e. The van der Waals surface area contributed by atoms with Crippen LogP contribution in [0.3, 0.4) is 0 Å². The molecule has 3 saturated heterocycles. The topological polar surface area (TPSA) is 107 Å². The molecule has 0 radical (unpaired) electrons. The first-order valence-corrected chi connectivity index (χ1v) is 18.8. The van der Waals surface area contributed by atoms with E-state index in [1.54, 1.807) is 19.1 Å². The van der Waals surface area contributed by atoms with Crippen LogP contribution < -0.4 is 9.64 Å². The summed E-state index contributed by atoms with van der Waals surface area (Å²) in [5.41, 5.74) is 1.48. The molecule has 4 fully saturated rings. The van der Waals surface area contributed by atoms with Crippen LogP contribution in [-0.2, 0) is 25.7 Å². The first-order valence-electron chi connectivity index (χ1n) is 17.7. The highest BCUT2D eigenvalue weighted by atomic mass is 79.9. The van der Waals surface area contributed by atoms with E-state index < -0.39 is 52.6 Å². The van der Waals surface area contributed by atoms with Gasteiger partial charge in [-0.15, -0.1) is 0 Å². The molecule has 5 aliphatic rings. The van der Waals surface area contributed by atoms with Crippen LogP contribution in [0.5, 0.6) is 11.5 Å². The molecular formula is C40H38BrClFN3O6. The monoisotopic (exact) mass is 789 g/mol. The van der Waals surface area contributed by atoms with Gasteiger partial charge in [0.15, 0.2) is 11.5 Å². The van der Waals surface area contributed by atoms with E-state index in [4.69, 9.17) is 16.3 Å². The number of likely N-dealkylation sites (tertiary alicyclic amines) is 2. The number of hydrogen-bond donors (Lipinski definition) is 1. The van der Waals surface area contributed by atoms with E-state index in [2.05, 4.69) is 33.0 Å². The Balaban J connectivity index is 1.15. The number of imide groups is 2. The molecule has 2 aliphatic carbocycles. The van der Waals surface area contributed by atoms with Gasteiger partial charge in [0.25, 0.3) is 0 Å². The van der Waals surface area contributed by atoms with Gasteiger partial charge in [-0.1, -0.05) is 53.6 Å². The number of nitrogens with zero attached hydrogens (tertiary/aromatic N) is 3. The molecule has 3 aliphatic heterocycles. The fraction of sp³-hybridized carbons (Fsp3) is 0.400. The summed E-state index contributed by atoms with van der Waals surface area (Å²) >= 11 is 9.56. The quantitative estimate of drug-likeness (QED) is 0.215. The number of benzene rings is 3. The molecule has 1 saturated carbocycles.